The van der Waals surface area contributed by atoms with Crippen LogP contribution in [0.5, 0.6) is 0 Å². The smallest absolute Gasteiger partial charge is 0.411 e. The molecule has 1 aromatic carbocycles. The molecule has 0 unspecified atom stereocenters. The Hall–Kier alpha value is -1.64. The number of carbonyl (C=O) groups is 2. The van der Waals surface area contributed by atoms with Crippen molar-refractivity contribution in [2.45, 2.75) is 57.0 Å². The molecule has 1 fully saturated rings. The molecule has 8 heteroatoms. The van der Waals surface area contributed by atoms with Gasteiger partial charge in [-0.25, -0.2) is 9.59 Å². The Morgan fingerprint density at radius 3 is 2.57 bits per heavy atom. The number of halogens is 1. The molecule has 1 heterocycles. The van der Waals surface area contributed by atoms with E-state index in [1.807, 2.05) is 24.3 Å². The predicted molar refractivity (Wildman–Crippen MR) is 123 cm³/mol. The molecule has 1 amide bonds. The largest absolute Gasteiger partial charge is 0.467 e. The van der Waals surface area contributed by atoms with Crippen molar-refractivity contribution >= 4 is 36.3 Å². The van der Waals surface area contributed by atoms with Gasteiger partial charge in [0.15, 0.2) is 13.9 Å². The zero-order chi connectivity index (χ0) is 22.7. The molecule has 0 bridgehead atoms. The molecule has 1 aliphatic rings. The molecule has 30 heavy (non-hydrogen) atoms. The van der Waals surface area contributed by atoms with Crippen molar-refractivity contribution in [3.8, 4) is 0 Å². The van der Waals surface area contributed by atoms with Gasteiger partial charge in [-0.05, 0) is 35.8 Å². The van der Waals surface area contributed by atoms with Gasteiger partial charge in [0.1, 0.15) is 6.61 Å². The Bertz CT molecular complexity index is 807. The summed E-state index contributed by atoms with van der Waals surface area (Å²) in [5.41, 5.74) is -0.676. The van der Waals surface area contributed by atoms with E-state index in [0.717, 1.165) is 4.47 Å². The first-order chi connectivity index (χ1) is 13.9. The maximum Gasteiger partial charge on any atom is 0.411 e. The molecule has 6 nitrogen and oxygen atoms in total. The van der Waals surface area contributed by atoms with E-state index in [4.69, 9.17) is 13.9 Å². The average molecular weight is 498 g/mol. The minimum Gasteiger partial charge on any atom is -0.467 e. The van der Waals surface area contributed by atoms with Crippen molar-refractivity contribution < 1.29 is 23.5 Å². The van der Waals surface area contributed by atoms with Crippen LogP contribution in [0.15, 0.2) is 41.4 Å². The summed E-state index contributed by atoms with van der Waals surface area (Å²) < 4.78 is 17.9. The van der Waals surface area contributed by atoms with Crippen LogP contribution in [0, 0.1) is 0 Å². The standard InChI is InChI=1S/C22H32BrNO5Si/c1-8-12-28-20(26)24-15-18(29-30(6,7)21(2,3)4)14-22(24,19(25)27-5)16-10-9-11-17(23)13-16/h8-11,13,18H,1,12,14-15H2,2-7H3/t18-,22+/m1/s1. The van der Waals surface area contributed by atoms with Crippen LogP contribution in [0.1, 0.15) is 32.8 Å². The number of esters is 1. The van der Waals surface area contributed by atoms with E-state index in [2.05, 4.69) is 56.4 Å². The Balaban J connectivity index is 2.55. The highest BCUT2D eigenvalue weighted by Crippen LogP contribution is 2.45. The molecule has 0 saturated carbocycles. The number of rotatable bonds is 6. The van der Waals surface area contributed by atoms with Crippen LogP contribution in [-0.2, 0) is 24.2 Å². The Kier molecular flexibility index (Phi) is 7.58. The monoisotopic (exact) mass is 497 g/mol. The van der Waals surface area contributed by atoms with Crippen molar-refractivity contribution in [2.24, 2.45) is 0 Å². The average Bonchev–Trinajstić information content (AvgIpc) is 3.04. The number of benzene rings is 1. The van der Waals surface area contributed by atoms with Crippen LogP contribution in [-0.4, -0.2) is 51.6 Å². The summed E-state index contributed by atoms with van der Waals surface area (Å²) in [5.74, 6) is -0.516. The fourth-order valence-electron chi connectivity index (χ4n) is 3.47. The maximum absolute atomic E-state index is 13.2. The zero-order valence-corrected chi connectivity index (χ0v) is 21.2. The molecule has 166 valence electrons. The van der Waals surface area contributed by atoms with Crippen molar-refractivity contribution in [1.82, 2.24) is 4.90 Å². The van der Waals surface area contributed by atoms with Gasteiger partial charge in [-0.1, -0.05) is 61.5 Å². The van der Waals surface area contributed by atoms with Gasteiger partial charge in [0.2, 0.25) is 0 Å². The molecule has 0 spiro atoms. The van der Waals surface area contributed by atoms with Gasteiger partial charge in [-0.3, -0.25) is 4.90 Å². The molecule has 0 N–H and O–H groups in total. The molecule has 0 aromatic heterocycles. The fourth-order valence-corrected chi connectivity index (χ4v) is 5.22. The first-order valence-corrected chi connectivity index (χ1v) is 13.7. The molecule has 1 aromatic rings. The lowest BCUT2D eigenvalue weighted by Crippen LogP contribution is -2.51. The SMILES string of the molecule is C=CCOC(=O)N1C[C@H](O[Si](C)(C)C(C)(C)C)C[C@@]1(C(=O)OC)c1cccc(Br)c1. The summed E-state index contributed by atoms with van der Waals surface area (Å²) >= 11 is 3.47. The highest BCUT2D eigenvalue weighted by Gasteiger charge is 2.58. The summed E-state index contributed by atoms with van der Waals surface area (Å²) in [6.45, 7) is 14.7. The number of amides is 1. The van der Waals surface area contributed by atoms with Crippen molar-refractivity contribution in [3.63, 3.8) is 0 Å². The second kappa shape index (κ2) is 9.24. The van der Waals surface area contributed by atoms with Gasteiger partial charge >= 0.3 is 12.1 Å². The molecular formula is C22H32BrNO5Si. The van der Waals surface area contributed by atoms with Gasteiger partial charge in [0.25, 0.3) is 0 Å². The topological polar surface area (TPSA) is 65.1 Å². The number of hydrogen-bond donors (Lipinski definition) is 0. The van der Waals surface area contributed by atoms with E-state index in [9.17, 15) is 9.59 Å². The van der Waals surface area contributed by atoms with Crippen molar-refractivity contribution in [2.75, 3.05) is 20.3 Å². The molecule has 2 atom stereocenters. The second-order valence-corrected chi connectivity index (χ2v) is 14.7. The van der Waals surface area contributed by atoms with Crippen LogP contribution in [0.4, 0.5) is 4.79 Å². The van der Waals surface area contributed by atoms with Gasteiger partial charge < -0.3 is 13.9 Å². The summed E-state index contributed by atoms with van der Waals surface area (Å²) in [7, 11) is -0.805. The molecule has 0 radical (unpaired) electrons. The summed E-state index contributed by atoms with van der Waals surface area (Å²) in [4.78, 5) is 27.6. The van der Waals surface area contributed by atoms with Crippen LogP contribution in [0.2, 0.25) is 18.1 Å². The van der Waals surface area contributed by atoms with Crippen LogP contribution >= 0.6 is 15.9 Å². The number of ether oxygens (including phenoxy) is 2. The molecular weight excluding hydrogens is 466 g/mol. The van der Waals surface area contributed by atoms with Crippen LogP contribution in [0.3, 0.4) is 0 Å². The van der Waals surface area contributed by atoms with E-state index in [1.165, 1.54) is 18.1 Å². The Labute approximate surface area is 188 Å². The number of carbonyl (C=O) groups excluding carboxylic acids is 2. The van der Waals surface area contributed by atoms with E-state index in [0.29, 0.717) is 12.0 Å². The Morgan fingerprint density at radius 1 is 1.37 bits per heavy atom. The normalized spacial score (nSPS) is 22.0. The minimum atomic E-state index is -2.14. The second-order valence-electron chi connectivity index (χ2n) is 9.04. The highest BCUT2D eigenvalue weighted by molar-refractivity contribution is 9.10. The third kappa shape index (κ3) is 4.81. The molecule has 2 rings (SSSR count). The van der Waals surface area contributed by atoms with Crippen LogP contribution in [0.25, 0.3) is 0 Å². The maximum atomic E-state index is 13.2. The lowest BCUT2D eigenvalue weighted by molar-refractivity contribution is -0.153. The van der Waals surface area contributed by atoms with Crippen LogP contribution < -0.4 is 0 Å². The lowest BCUT2D eigenvalue weighted by atomic mass is 9.87. The predicted octanol–water partition coefficient (Wildman–Crippen LogP) is 5.24. The third-order valence-corrected chi connectivity index (χ3v) is 11.0. The van der Waals surface area contributed by atoms with E-state index < -0.39 is 25.9 Å². The quantitative estimate of drug-likeness (QED) is 0.305. The van der Waals surface area contributed by atoms with E-state index >= 15 is 0 Å². The molecule has 1 saturated heterocycles. The summed E-state index contributed by atoms with van der Waals surface area (Å²) in [6, 6.07) is 7.36. The first kappa shape index (κ1) is 24.6. The minimum absolute atomic E-state index is 0.00648. The molecule has 0 aliphatic carbocycles. The number of hydrogen-bond acceptors (Lipinski definition) is 5. The number of likely N-dealkylation sites (tertiary alicyclic amines) is 1. The molecule has 1 aliphatic heterocycles. The van der Waals surface area contributed by atoms with E-state index in [-0.39, 0.29) is 24.3 Å². The third-order valence-electron chi connectivity index (χ3n) is 6.01. The van der Waals surface area contributed by atoms with E-state index in [1.54, 1.807) is 0 Å². The van der Waals surface area contributed by atoms with Crippen molar-refractivity contribution in [3.05, 3.63) is 47.0 Å². The first-order valence-electron chi connectivity index (χ1n) is 9.96. The van der Waals surface area contributed by atoms with Gasteiger partial charge in [-0.15, -0.1) is 0 Å². The van der Waals surface area contributed by atoms with Gasteiger partial charge in [0, 0.05) is 10.9 Å². The lowest BCUT2D eigenvalue weighted by Gasteiger charge is -2.38. The fraction of sp³-hybridized carbons (Fsp3) is 0.545. The van der Waals surface area contributed by atoms with Crippen molar-refractivity contribution in [1.29, 1.82) is 0 Å². The van der Waals surface area contributed by atoms with Gasteiger partial charge in [-0.2, -0.15) is 0 Å². The Morgan fingerprint density at radius 2 is 2.03 bits per heavy atom. The number of nitrogens with zero attached hydrogens (tertiary/aromatic N) is 1. The summed E-state index contributed by atoms with van der Waals surface area (Å²) in [5, 5.41) is -0.00648. The summed E-state index contributed by atoms with van der Waals surface area (Å²) in [6.07, 6.45) is 0.879. The van der Waals surface area contributed by atoms with Gasteiger partial charge in [0.05, 0.1) is 19.8 Å². The number of methoxy groups -OCH3 is 1. The zero-order valence-electron chi connectivity index (χ0n) is 18.7. The highest BCUT2D eigenvalue weighted by atomic mass is 79.9.